The van der Waals surface area contributed by atoms with Crippen molar-refractivity contribution in [3.63, 3.8) is 0 Å². The van der Waals surface area contributed by atoms with E-state index in [0.717, 1.165) is 29.9 Å². The van der Waals surface area contributed by atoms with Crippen LogP contribution < -0.4 is 15.0 Å². The quantitative estimate of drug-likeness (QED) is 0.435. The Morgan fingerprint density at radius 3 is 2.55 bits per heavy atom. The van der Waals surface area contributed by atoms with Crippen LogP contribution >= 0.6 is 0 Å². The topological polar surface area (TPSA) is 67.9 Å². The van der Waals surface area contributed by atoms with E-state index in [0.29, 0.717) is 28.3 Å². The third kappa shape index (κ3) is 3.09. The molecule has 6 heteroatoms. The van der Waals surface area contributed by atoms with Crippen LogP contribution in [0.1, 0.15) is 40.9 Å². The second-order valence-electron chi connectivity index (χ2n) is 7.98. The number of anilines is 2. The third-order valence-corrected chi connectivity index (χ3v) is 6.28. The Morgan fingerprint density at radius 2 is 1.79 bits per heavy atom. The van der Waals surface area contributed by atoms with Gasteiger partial charge >= 0.3 is 5.97 Å². The number of rotatable bonds is 5. The molecule has 0 saturated carbocycles. The highest BCUT2D eigenvalue weighted by atomic mass is 16.6. The van der Waals surface area contributed by atoms with Gasteiger partial charge in [0.25, 0.3) is 0 Å². The Bertz CT molecular complexity index is 1300. The predicted octanol–water partition coefficient (Wildman–Crippen LogP) is 5.23. The van der Waals surface area contributed by atoms with E-state index >= 15 is 0 Å². The second-order valence-corrected chi connectivity index (χ2v) is 7.98. The molecule has 1 N–H and O–H groups in total. The van der Waals surface area contributed by atoms with E-state index in [2.05, 4.69) is 30.6 Å². The Labute approximate surface area is 192 Å². The SMILES string of the molecule is C=CC(=O)Nc1ccc2c(c1)C1(OC(=O)c3ccccc31)c1ccc(N(CC)CC)cc1O2. The first-order chi connectivity index (χ1) is 16.0. The van der Waals surface area contributed by atoms with E-state index in [1.165, 1.54) is 6.08 Å². The van der Waals surface area contributed by atoms with Crippen molar-refractivity contribution in [3.05, 3.63) is 95.6 Å². The average molecular weight is 440 g/mol. The minimum absolute atomic E-state index is 0.325. The van der Waals surface area contributed by atoms with E-state index in [1.807, 2.05) is 36.4 Å². The number of carbonyl (C=O) groups excluding carboxylic acids is 2. The first-order valence-corrected chi connectivity index (χ1v) is 11.0. The fourth-order valence-electron chi connectivity index (χ4n) is 4.72. The number of carbonyl (C=O) groups is 2. The highest BCUT2D eigenvalue weighted by Gasteiger charge is 2.53. The first-order valence-electron chi connectivity index (χ1n) is 11.0. The number of nitrogens with one attached hydrogen (secondary N) is 1. The molecule has 1 unspecified atom stereocenters. The van der Waals surface area contributed by atoms with Gasteiger partial charge in [0.05, 0.1) is 5.56 Å². The van der Waals surface area contributed by atoms with Crippen LogP contribution in [0.2, 0.25) is 0 Å². The molecular weight excluding hydrogens is 416 g/mol. The van der Waals surface area contributed by atoms with Crippen molar-refractivity contribution < 1.29 is 19.1 Å². The Hall–Kier alpha value is -4.06. The van der Waals surface area contributed by atoms with Gasteiger partial charge in [-0.1, -0.05) is 24.8 Å². The van der Waals surface area contributed by atoms with Gasteiger partial charge in [-0.3, -0.25) is 4.79 Å². The number of hydrogen-bond acceptors (Lipinski definition) is 5. The molecular formula is C27H24N2O4. The zero-order chi connectivity index (χ0) is 23.2. The van der Waals surface area contributed by atoms with Gasteiger partial charge in [0.15, 0.2) is 5.60 Å². The van der Waals surface area contributed by atoms with Crippen molar-refractivity contribution in [2.45, 2.75) is 19.4 Å². The molecule has 2 aliphatic heterocycles. The molecule has 0 aromatic heterocycles. The largest absolute Gasteiger partial charge is 0.456 e. The number of amides is 1. The first kappa shape index (κ1) is 20.8. The Balaban J connectivity index is 1.76. The molecule has 6 nitrogen and oxygen atoms in total. The summed E-state index contributed by atoms with van der Waals surface area (Å²) >= 11 is 0. The van der Waals surface area contributed by atoms with Crippen LogP contribution in [-0.2, 0) is 15.1 Å². The number of nitrogens with zero attached hydrogens (tertiary/aromatic N) is 1. The number of ether oxygens (including phenoxy) is 2. The minimum atomic E-state index is -1.17. The fourth-order valence-corrected chi connectivity index (χ4v) is 4.72. The van der Waals surface area contributed by atoms with Crippen LogP contribution in [0.3, 0.4) is 0 Å². The zero-order valence-electron chi connectivity index (χ0n) is 18.6. The lowest BCUT2D eigenvalue weighted by atomic mass is 9.77. The van der Waals surface area contributed by atoms with Crippen LogP contribution in [0.15, 0.2) is 73.3 Å². The predicted molar refractivity (Wildman–Crippen MR) is 127 cm³/mol. The second kappa shape index (κ2) is 7.81. The standard InChI is InChI=1S/C27H24N2O4/c1-4-25(30)28-17-11-14-23-22(15-17)27(20-10-8-7-9-19(20)26(31)33-27)21-13-12-18(16-24(21)32-23)29(5-2)6-3/h4,7-16H,1,5-6H2,2-3H3,(H,28,30). The van der Waals surface area contributed by atoms with Crippen LogP contribution in [0.4, 0.5) is 11.4 Å². The van der Waals surface area contributed by atoms with E-state index in [1.54, 1.807) is 24.3 Å². The van der Waals surface area contributed by atoms with Crippen molar-refractivity contribution in [2.24, 2.45) is 0 Å². The van der Waals surface area contributed by atoms with Crippen molar-refractivity contribution in [1.29, 1.82) is 0 Å². The highest BCUT2D eigenvalue weighted by molar-refractivity contribution is 6.00. The van der Waals surface area contributed by atoms with Crippen LogP contribution in [0.5, 0.6) is 11.5 Å². The van der Waals surface area contributed by atoms with Gasteiger partial charge in [-0.15, -0.1) is 0 Å². The summed E-state index contributed by atoms with van der Waals surface area (Å²) in [5.41, 5.74) is 3.10. The number of esters is 1. The summed E-state index contributed by atoms with van der Waals surface area (Å²) in [5.74, 6) is 0.492. The summed E-state index contributed by atoms with van der Waals surface area (Å²) < 4.78 is 12.5. The van der Waals surface area contributed by atoms with Crippen LogP contribution in [0, 0.1) is 0 Å². The lowest BCUT2D eigenvalue weighted by Gasteiger charge is -2.37. The molecule has 1 spiro atoms. The number of hydrogen-bond donors (Lipinski definition) is 1. The minimum Gasteiger partial charge on any atom is -0.456 e. The molecule has 0 saturated heterocycles. The molecule has 2 aliphatic rings. The summed E-state index contributed by atoms with van der Waals surface area (Å²) in [4.78, 5) is 27.1. The lowest BCUT2D eigenvalue weighted by molar-refractivity contribution is -0.111. The van der Waals surface area contributed by atoms with Crippen molar-refractivity contribution in [3.8, 4) is 11.5 Å². The van der Waals surface area contributed by atoms with Gasteiger partial charge in [0.1, 0.15) is 11.5 Å². The maximum Gasteiger partial charge on any atom is 0.340 e. The highest BCUT2D eigenvalue weighted by Crippen LogP contribution is 2.56. The molecule has 1 atom stereocenters. The summed E-state index contributed by atoms with van der Waals surface area (Å²) in [7, 11) is 0. The molecule has 3 aromatic carbocycles. The van der Waals surface area contributed by atoms with E-state index in [9.17, 15) is 9.59 Å². The molecule has 0 fully saturated rings. The Morgan fingerprint density at radius 1 is 1.00 bits per heavy atom. The third-order valence-electron chi connectivity index (χ3n) is 6.28. The molecule has 2 heterocycles. The average Bonchev–Trinajstić information content (AvgIpc) is 3.13. The molecule has 0 radical (unpaired) electrons. The van der Waals surface area contributed by atoms with Gasteiger partial charge < -0.3 is 19.7 Å². The van der Waals surface area contributed by atoms with Crippen molar-refractivity contribution in [1.82, 2.24) is 0 Å². The normalized spacial score (nSPS) is 17.3. The van der Waals surface area contributed by atoms with Crippen molar-refractivity contribution in [2.75, 3.05) is 23.3 Å². The molecule has 5 rings (SSSR count). The summed E-state index contributed by atoms with van der Waals surface area (Å²) in [6.07, 6.45) is 1.21. The molecule has 0 aliphatic carbocycles. The monoisotopic (exact) mass is 440 g/mol. The number of fused-ring (bicyclic) bond motifs is 6. The van der Waals surface area contributed by atoms with Gasteiger partial charge in [-0.05, 0) is 56.3 Å². The van der Waals surface area contributed by atoms with Gasteiger partial charge in [-0.2, -0.15) is 0 Å². The van der Waals surface area contributed by atoms with E-state index < -0.39 is 11.6 Å². The smallest absolute Gasteiger partial charge is 0.340 e. The zero-order valence-corrected chi connectivity index (χ0v) is 18.6. The fraction of sp³-hybridized carbons (Fsp3) is 0.185. The number of benzene rings is 3. The lowest BCUT2D eigenvalue weighted by Crippen LogP contribution is -2.33. The summed E-state index contributed by atoms with van der Waals surface area (Å²) in [5, 5.41) is 2.79. The van der Waals surface area contributed by atoms with Crippen molar-refractivity contribution >= 4 is 23.3 Å². The van der Waals surface area contributed by atoms with Gasteiger partial charge in [-0.25, -0.2) is 4.79 Å². The van der Waals surface area contributed by atoms with Gasteiger partial charge in [0.2, 0.25) is 5.91 Å². The van der Waals surface area contributed by atoms with E-state index in [-0.39, 0.29) is 5.91 Å². The molecule has 1 amide bonds. The van der Waals surface area contributed by atoms with E-state index in [4.69, 9.17) is 9.47 Å². The van der Waals surface area contributed by atoms with Gasteiger partial charge in [0, 0.05) is 47.2 Å². The maximum absolute atomic E-state index is 13.0. The van der Waals surface area contributed by atoms with Crippen LogP contribution in [-0.4, -0.2) is 25.0 Å². The maximum atomic E-state index is 13.0. The van der Waals surface area contributed by atoms with Crippen LogP contribution in [0.25, 0.3) is 0 Å². The summed E-state index contributed by atoms with van der Waals surface area (Å²) in [6.45, 7) is 9.45. The molecule has 166 valence electrons. The molecule has 3 aromatic rings. The molecule has 33 heavy (non-hydrogen) atoms. The summed E-state index contributed by atoms with van der Waals surface area (Å²) in [6, 6.07) is 18.7. The Kier molecular flexibility index (Phi) is 4.93. The molecule has 0 bridgehead atoms.